The van der Waals surface area contributed by atoms with Gasteiger partial charge in [0.2, 0.25) is 5.91 Å². The van der Waals surface area contributed by atoms with E-state index in [0.29, 0.717) is 41.0 Å². The third-order valence-electron chi connectivity index (χ3n) is 7.81. The highest BCUT2D eigenvalue weighted by Crippen LogP contribution is 2.45. The summed E-state index contributed by atoms with van der Waals surface area (Å²) in [6.07, 6.45) is 4.20. The summed E-state index contributed by atoms with van der Waals surface area (Å²) in [7, 11) is 4.89. The molecular weight excluding hydrogens is 498 g/mol. The molecule has 0 aliphatic carbocycles. The first kappa shape index (κ1) is 28.3. The average Bonchev–Trinajstić information content (AvgIpc) is 2.91. The molecule has 7 nitrogen and oxygen atoms in total. The maximum Gasteiger partial charge on any atom is 0.254 e. The number of ether oxygens (including phenoxy) is 2. The molecule has 2 aromatic carbocycles. The van der Waals surface area contributed by atoms with Gasteiger partial charge in [-0.3, -0.25) is 9.59 Å². The van der Waals surface area contributed by atoms with Crippen LogP contribution >= 0.6 is 11.8 Å². The number of amides is 2. The van der Waals surface area contributed by atoms with Crippen molar-refractivity contribution >= 4 is 23.6 Å². The van der Waals surface area contributed by atoms with Gasteiger partial charge >= 0.3 is 0 Å². The molecule has 4 rings (SSSR count). The molecule has 2 aliphatic rings. The lowest BCUT2D eigenvalue weighted by Gasteiger charge is -2.40. The van der Waals surface area contributed by atoms with E-state index in [0.717, 1.165) is 36.5 Å². The number of nitrogens with zero attached hydrogens (tertiary/aromatic N) is 2. The molecule has 0 bridgehead atoms. The van der Waals surface area contributed by atoms with Gasteiger partial charge in [0.1, 0.15) is 0 Å². The molecular formula is C30H41N3O4S. The topological polar surface area (TPSA) is 71.1 Å². The summed E-state index contributed by atoms with van der Waals surface area (Å²) >= 11 is 1.66. The number of nitrogens with one attached hydrogen (secondary N) is 1. The number of benzene rings is 2. The van der Waals surface area contributed by atoms with Crippen molar-refractivity contribution in [3.8, 4) is 11.5 Å². The van der Waals surface area contributed by atoms with Crippen LogP contribution in [0, 0.1) is 11.8 Å². The molecule has 2 heterocycles. The van der Waals surface area contributed by atoms with E-state index >= 15 is 0 Å². The average molecular weight is 540 g/mol. The van der Waals surface area contributed by atoms with Gasteiger partial charge in [-0.15, -0.1) is 11.8 Å². The molecule has 2 amide bonds. The zero-order valence-electron chi connectivity index (χ0n) is 23.5. The maximum absolute atomic E-state index is 13.9. The third-order valence-corrected chi connectivity index (χ3v) is 8.55. The van der Waals surface area contributed by atoms with Crippen LogP contribution in [0.4, 0.5) is 0 Å². The molecule has 4 atom stereocenters. The second-order valence-corrected chi connectivity index (χ2v) is 11.6. The van der Waals surface area contributed by atoms with Gasteiger partial charge in [0.05, 0.1) is 26.2 Å². The monoisotopic (exact) mass is 539 g/mol. The molecule has 1 fully saturated rings. The van der Waals surface area contributed by atoms with Gasteiger partial charge in [0, 0.05) is 37.1 Å². The van der Waals surface area contributed by atoms with Gasteiger partial charge in [-0.05, 0) is 72.9 Å². The van der Waals surface area contributed by atoms with Crippen LogP contribution in [0.15, 0.2) is 41.3 Å². The highest BCUT2D eigenvalue weighted by molar-refractivity contribution is 7.98. The Morgan fingerprint density at radius 2 is 1.68 bits per heavy atom. The Labute approximate surface area is 231 Å². The number of likely N-dealkylation sites (N-methyl/N-ethyl adjacent to an activating group) is 1. The summed E-state index contributed by atoms with van der Waals surface area (Å²) in [4.78, 5) is 32.8. The van der Waals surface area contributed by atoms with Crippen molar-refractivity contribution in [1.29, 1.82) is 0 Å². The van der Waals surface area contributed by atoms with Crippen molar-refractivity contribution in [2.24, 2.45) is 11.8 Å². The lowest BCUT2D eigenvalue weighted by molar-refractivity contribution is -0.124. The van der Waals surface area contributed by atoms with E-state index < -0.39 is 12.0 Å². The van der Waals surface area contributed by atoms with Crippen LogP contribution in [0.1, 0.15) is 60.1 Å². The summed E-state index contributed by atoms with van der Waals surface area (Å²) in [5.74, 6) is 1.60. The fourth-order valence-corrected chi connectivity index (χ4v) is 6.56. The summed E-state index contributed by atoms with van der Waals surface area (Å²) in [6, 6.07) is 11.2. The van der Waals surface area contributed by atoms with Crippen LogP contribution in [-0.2, 0) is 4.79 Å². The third kappa shape index (κ3) is 5.96. The lowest BCUT2D eigenvalue weighted by atomic mass is 9.79. The van der Waals surface area contributed by atoms with Gasteiger partial charge in [-0.25, -0.2) is 0 Å². The first-order chi connectivity index (χ1) is 18.3. The Bertz CT molecular complexity index is 1130. The van der Waals surface area contributed by atoms with Crippen molar-refractivity contribution in [3.05, 3.63) is 53.1 Å². The van der Waals surface area contributed by atoms with Crippen molar-refractivity contribution in [1.82, 2.24) is 15.1 Å². The maximum atomic E-state index is 13.9. The van der Waals surface area contributed by atoms with E-state index in [4.69, 9.17) is 9.47 Å². The molecule has 206 valence electrons. The van der Waals surface area contributed by atoms with E-state index in [2.05, 4.69) is 24.1 Å². The fraction of sp³-hybridized carbons (Fsp3) is 0.533. The molecule has 38 heavy (non-hydrogen) atoms. The van der Waals surface area contributed by atoms with E-state index in [9.17, 15) is 9.59 Å². The van der Waals surface area contributed by atoms with E-state index in [1.807, 2.05) is 30.5 Å². The summed E-state index contributed by atoms with van der Waals surface area (Å²) in [5, 5.41) is 3.20. The Morgan fingerprint density at radius 3 is 2.29 bits per heavy atom. The first-order valence-electron chi connectivity index (χ1n) is 13.4. The number of hydrogen-bond acceptors (Lipinski definition) is 6. The molecule has 8 heteroatoms. The predicted molar refractivity (Wildman–Crippen MR) is 152 cm³/mol. The van der Waals surface area contributed by atoms with E-state index in [1.165, 1.54) is 6.42 Å². The number of rotatable bonds is 9. The Kier molecular flexibility index (Phi) is 9.26. The Balaban J connectivity index is 1.60. The van der Waals surface area contributed by atoms with Crippen LogP contribution < -0.4 is 14.8 Å². The summed E-state index contributed by atoms with van der Waals surface area (Å²) < 4.78 is 11.0. The second-order valence-electron chi connectivity index (χ2n) is 10.8. The Hall–Kier alpha value is -2.71. The zero-order chi connectivity index (χ0) is 27.4. The second kappa shape index (κ2) is 12.4. The number of carbonyl (C=O) groups is 2. The summed E-state index contributed by atoms with van der Waals surface area (Å²) in [6.45, 7) is 8.44. The van der Waals surface area contributed by atoms with Gasteiger partial charge in [0.15, 0.2) is 11.5 Å². The van der Waals surface area contributed by atoms with Crippen molar-refractivity contribution in [3.63, 3.8) is 0 Å². The predicted octanol–water partition coefficient (Wildman–Crippen LogP) is 4.82. The molecule has 0 aromatic heterocycles. The number of piperidine rings is 1. The van der Waals surface area contributed by atoms with Crippen molar-refractivity contribution in [2.45, 2.75) is 43.5 Å². The van der Waals surface area contributed by atoms with Gasteiger partial charge in [-0.2, -0.15) is 0 Å². The number of carbonyl (C=O) groups excluding carboxylic acids is 2. The van der Waals surface area contributed by atoms with Crippen LogP contribution in [0.25, 0.3) is 0 Å². The summed E-state index contributed by atoms with van der Waals surface area (Å²) in [5.41, 5.74) is 2.06. The van der Waals surface area contributed by atoms with Gasteiger partial charge < -0.3 is 24.6 Å². The number of thioether (sulfide) groups is 1. The molecule has 0 radical (unpaired) electrons. The number of fused-ring (bicyclic) bond motifs is 1. The largest absolute Gasteiger partial charge is 0.493 e. The van der Waals surface area contributed by atoms with Gasteiger partial charge in [-0.1, -0.05) is 26.0 Å². The minimum atomic E-state index is -0.581. The van der Waals surface area contributed by atoms with E-state index in [-0.39, 0.29) is 11.8 Å². The standard InChI is InChI=1S/C30H41N3O4S/c1-19-14-20(2)18-33(17-19)13-7-12-31-29(34)27-23-15-25(36-4)26(37-5)16-24(23)30(35)32(3)28(27)21-8-10-22(38-6)11-9-21/h8-11,15-16,19-20,27-28H,7,12-14,17-18H2,1-6H3,(H,31,34). The first-order valence-corrected chi connectivity index (χ1v) is 14.7. The fourth-order valence-electron chi connectivity index (χ4n) is 6.15. The van der Waals surface area contributed by atoms with Crippen molar-refractivity contribution in [2.75, 3.05) is 53.7 Å². The van der Waals surface area contributed by atoms with Crippen molar-refractivity contribution < 1.29 is 19.1 Å². The van der Waals surface area contributed by atoms with E-state index in [1.54, 1.807) is 50.1 Å². The number of methoxy groups -OCH3 is 2. The van der Waals surface area contributed by atoms with Crippen LogP contribution in [-0.4, -0.2) is 75.3 Å². The lowest BCUT2D eigenvalue weighted by Crippen LogP contribution is -2.46. The molecule has 1 N–H and O–H groups in total. The SMILES string of the molecule is COc1cc2c(cc1OC)C(C(=O)NCCCN1CC(C)CC(C)C1)C(c1ccc(SC)cc1)N(C)C2=O. The van der Waals surface area contributed by atoms with Crippen LogP contribution in [0.3, 0.4) is 0 Å². The molecule has 0 saturated carbocycles. The highest BCUT2D eigenvalue weighted by Gasteiger charge is 2.43. The van der Waals surface area contributed by atoms with Gasteiger partial charge in [0.25, 0.3) is 5.91 Å². The smallest absolute Gasteiger partial charge is 0.254 e. The molecule has 2 aliphatic heterocycles. The van der Waals surface area contributed by atoms with Crippen LogP contribution in [0.5, 0.6) is 11.5 Å². The molecule has 1 saturated heterocycles. The number of hydrogen-bond donors (Lipinski definition) is 1. The molecule has 0 spiro atoms. The highest BCUT2D eigenvalue weighted by atomic mass is 32.2. The number of likely N-dealkylation sites (tertiary alicyclic amines) is 1. The zero-order valence-corrected chi connectivity index (χ0v) is 24.3. The minimum Gasteiger partial charge on any atom is -0.493 e. The Morgan fingerprint density at radius 1 is 1.05 bits per heavy atom. The minimum absolute atomic E-state index is 0.0860. The molecule has 2 aromatic rings. The quantitative estimate of drug-likeness (QED) is 0.364. The molecule has 4 unspecified atom stereocenters. The normalized spacial score (nSPS) is 23.6. The van der Waals surface area contributed by atoms with Crippen LogP contribution in [0.2, 0.25) is 0 Å².